The zero-order valence-corrected chi connectivity index (χ0v) is 21.5. The van der Waals surface area contributed by atoms with Crippen molar-refractivity contribution in [3.8, 4) is 22.9 Å². The lowest BCUT2D eigenvalue weighted by Gasteiger charge is -2.48. The lowest BCUT2D eigenvalue weighted by Crippen LogP contribution is -2.58. The van der Waals surface area contributed by atoms with Crippen LogP contribution in [0.3, 0.4) is 0 Å². The van der Waals surface area contributed by atoms with Crippen LogP contribution in [0.1, 0.15) is 25.7 Å². The first kappa shape index (κ1) is 24.6. The minimum atomic E-state index is -0.809. The Labute approximate surface area is 219 Å². The fourth-order valence-corrected chi connectivity index (χ4v) is 6.01. The second kappa shape index (κ2) is 9.53. The summed E-state index contributed by atoms with van der Waals surface area (Å²) in [5, 5.41) is 14.2. The van der Waals surface area contributed by atoms with Gasteiger partial charge in [0.05, 0.1) is 10.6 Å². The van der Waals surface area contributed by atoms with Gasteiger partial charge < -0.3 is 25.0 Å². The molecular formula is C27H30ClF2N5O2. The number of likely N-dealkylation sites (tertiary alicyclic amines) is 1. The van der Waals surface area contributed by atoms with Crippen LogP contribution in [0.25, 0.3) is 22.0 Å². The summed E-state index contributed by atoms with van der Waals surface area (Å²) in [6, 6.07) is 5.50. The minimum absolute atomic E-state index is 0.000535. The Kier molecular flexibility index (Phi) is 6.33. The van der Waals surface area contributed by atoms with Gasteiger partial charge in [0.25, 0.3) is 0 Å². The van der Waals surface area contributed by atoms with Crippen LogP contribution in [0.15, 0.2) is 24.3 Å². The van der Waals surface area contributed by atoms with E-state index in [1.807, 2.05) is 0 Å². The monoisotopic (exact) mass is 529 g/mol. The Morgan fingerprint density at radius 3 is 2.46 bits per heavy atom. The molecule has 3 aliphatic heterocycles. The van der Waals surface area contributed by atoms with Gasteiger partial charge in [0.1, 0.15) is 29.0 Å². The predicted molar refractivity (Wildman–Crippen MR) is 139 cm³/mol. The highest BCUT2D eigenvalue weighted by Crippen LogP contribution is 2.44. The van der Waals surface area contributed by atoms with Crippen molar-refractivity contribution in [2.45, 2.75) is 31.8 Å². The van der Waals surface area contributed by atoms with E-state index in [1.54, 1.807) is 6.07 Å². The number of fused-ring (bicyclic) bond motifs is 1. The average Bonchev–Trinajstić information content (AvgIpc) is 2.86. The molecule has 4 heterocycles. The maximum Gasteiger partial charge on any atom is 0.319 e. The molecule has 0 aliphatic carbocycles. The summed E-state index contributed by atoms with van der Waals surface area (Å²) in [5.74, 6) is -1.41. The molecule has 0 unspecified atom stereocenters. The molecule has 0 bridgehead atoms. The second-order valence-corrected chi connectivity index (χ2v) is 11.0. The summed E-state index contributed by atoms with van der Waals surface area (Å²) in [5.41, 5.74) is -0.189. The van der Waals surface area contributed by atoms with Crippen LogP contribution in [0.4, 0.5) is 14.6 Å². The fourth-order valence-electron chi connectivity index (χ4n) is 5.72. The van der Waals surface area contributed by atoms with E-state index in [1.165, 1.54) is 12.1 Å². The maximum absolute atomic E-state index is 16.2. The average molecular weight is 530 g/mol. The molecule has 0 amide bonds. The van der Waals surface area contributed by atoms with Crippen LogP contribution >= 0.6 is 11.6 Å². The first-order valence-corrected chi connectivity index (χ1v) is 13.2. The highest BCUT2D eigenvalue weighted by molar-refractivity contribution is 6.34. The second-order valence-electron chi connectivity index (χ2n) is 10.6. The zero-order valence-electron chi connectivity index (χ0n) is 20.7. The number of phenols is 1. The quantitative estimate of drug-likeness (QED) is 0.512. The van der Waals surface area contributed by atoms with E-state index in [-0.39, 0.29) is 33.8 Å². The number of benzene rings is 2. The Hall–Kier alpha value is -2.75. The van der Waals surface area contributed by atoms with E-state index < -0.39 is 17.4 Å². The van der Waals surface area contributed by atoms with E-state index in [9.17, 15) is 9.50 Å². The number of hydrogen-bond acceptors (Lipinski definition) is 7. The first-order valence-electron chi connectivity index (χ1n) is 12.8. The van der Waals surface area contributed by atoms with Crippen LogP contribution in [0.2, 0.25) is 5.02 Å². The molecule has 10 heteroatoms. The normalized spacial score (nSPS) is 20.4. The third-order valence-corrected chi connectivity index (χ3v) is 8.44. The van der Waals surface area contributed by atoms with Crippen LogP contribution in [-0.2, 0) is 0 Å². The Balaban J connectivity index is 1.46. The third-order valence-electron chi connectivity index (χ3n) is 8.15. The van der Waals surface area contributed by atoms with Gasteiger partial charge in [0.15, 0.2) is 5.82 Å². The number of aromatic hydroxyl groups is 1. The van der Waals surface area contributed by atoms with Crippen molar-refractivity contribution in [3.63, 3.8) is 0 Å². The molecule has 7 nitrogen and oxygen atoms in total. The summed E-state index contributed by atoms with van der Waals surface area (Å²) < 4.78 is 37.1. The number of nitrogens with one attached hydrogen (secondary N) is 1. The molecule has 196 valence electrons. The van der Waals surface area contributed by atoms with Gasteiger partial charge in [0.2, 0.25) is 0 Å². The van der Waals surface area contributed by atoms with Crippen LogP contribution in [-0.4, -0.2) is 72.4 Å². The van der Waals surface area contributed by atoms with Crippen molar-refractivity contribution in [1.82, 2.24) is 20.2 Å². The number of nitrogens with zero attached hydrogens (tertiary/aromatic N) is 4. The summed E-state index contributed by atoms with van der Waals surface area (Å²) >= 11 is 6.55. The molecule has 1 aromatic heterocycles. The molecule has 0 saturated carbocycles. The number of aromatic nitrogens is 2. The molecule has 2 aromatic carbocycles. The van der Waals surface area contributed by atoms with Crippen LogP contribution in [0, 0.1) is 17.0 Å². The van der Waals surface area contributed by atoms with Crippen LogP contribution in [0.5, 0.6) is 11.8 Å². The number of anilines is 1. The Morgan fingerprint density at radius 1 is 1.08 bits per heavy atom. The topological polar surface area (TPSA) is 73.8 Å². The number of hydrogen-bond donors (Lipinski definition) is 2. The summed E-state index contributed by atoms with van der Waals surface area (Å²) in [6.07, 6.45) is 3.59. The molecule has 3 saturated heterocycles. The summed E-state index contributed by atoms with van der Waals surface area (Å²) in [6.45, 7) is 5.38. The number of piperidine rings is 2. The van der Waals surface area contributed by atoms with Crippen molar-refractivity contribution in [3.05, 3.63) is 40.9 Å². The summed E-state index contributed by atoms with van der Waals surface area (Å²) in [7, 11) is 2.07. The smallest absolute Gasteiger partial charge is 0.319 e. The molecule has 37 heavy (non-hydrogen) atoms. The maximum atomic E-state index is 16.2. The summed E-state index contributed by atoms with van der Waals surface area (Å²) in [4.78, 5) is 13.6. The van der Waals surface area contributed by atoms with E-state index in [0.29, 0.717) is 16.6 Å². The SMILES string of the molecule is CN1CCC(Oc2nc(N3CCC4(CC3)CNC4)c3cc(Cl)c(-c4c(O)cccc4F)c(F)c3n2)CC1. The van der Waals surface area contributed by atoms with Crippen molar-refractivity contribution < 1.29 is 18.6 Å². The number of ether oxygens (including phenoxy) is 1. The molecule has 3 fully saturated rings. The van der Waals surface area contributed by atoms with E-state index in [0.717, 1.165) is 71.0 Å². The number of rotatable bonds is 4. The van der Waals surface area contributed by atoms with Gasteiger partial charge in [-0.05, 0) is 56.3 Å². The third kappa shape index (κ3) is 4.47. The van der Waals surface area contributed by atoms with E-state index >= 15 is 4.39 Å². The van der Waals surface area contributed by atoms with Crippen molar-refractivity contribution in [2.24, 2.45) is 5.41 Å². The lowest BCUT2D eigenvalue weighted by molar-refractivity contribution is 0.105. The standard InChI is InChI=1S/C27H30ClF2N5O2/c1-34-9-5-16(6-10-34)37-26-32-24-17(25(33-26)35-11-7-27(8-12-35)14-31-15-27)13-18(28)21(23(24)30)22-19(29)3-2-4-20(22)36/h2-4,13,16,31,36H,5-12,14-15H2,1H3. The largest absolute Gasteiger partial charge is 0.507 e. The number of halogens is 3. The molecule has 6 rings (SSSR count). The molecular weight excluding hydrogens is 500 g/mol. The van der Waals surface area contributed by atoms with Gasteiger partial charge in [0, 0.05) is 50.2 Å². The molecule has 2 N–H and O–H groups in total. The van der Waals surface area contributed by atoms with Gasteiger partial charge in [-0.15, -0.1) is 0 Å². The van der Waals surface area contributed by atoms with E-state index in [2.05, 4.69) is 27.1 Å². The zero-order chi connectivity index (χ0) is 25.7. The van der Waals surface area contributed by atoms with E-state index in [4.69, 9.17) is 21.3 Å². The van der Waals surface area contributed by atoms with Gasteiger partial charge in [-0.25, -0.2) is 8.78 Å². The van der Waals surface area contributed by atoms with Gasteiger partial charge in [-0.1, -0.05) is 17.7 Å². The molecule has 1 spiro atoms. The minimum Gasteiger partial charge on any atom is -0.507 e. The van der Waals surface area contributed by atoms with Crippen LogP contribution < -0.4 is 15.0 Å². The Morgan fingerprint density at radius 2 is 1.81 bits per heavy atom. The van der Waals surface area contributed by atoms with Gasteiger partial charge in [-0.2, -0.15) is 9.97 Å². The highest BCUT2D eigenvalue weighted by atomic mass is 35.5. The molecule has 0 radical (unpaired) electrons. The Bertz CT molecular complexity index is 1310. The van der Waals surface area contributed by atoms with Crippen molar-refractivity contribution >= 4 is 28.3 Å². The molecule has 3 aromatic rings. The number of phenolic OH excluding ortho intramolecular Hbond substituents is 1. The van der Waals surface area contributed by atoms with Gasteiger partial charge in [-0.3, -0.25) is 0 Å². The van der Waals surface area contributed by atoms with Crippen molar-refractivity contribution in [2.75, 3.05) is 51.2 Å². The lowest BCUT2D eigenvalue weighted by atomic mass is 9.73. The molecule has 0 atom stereocenters. The first-order chi connectivity index (χ1) is 17.8. The fraction of sp³-hybridized carbons (Fsp3) is 0.481. The van der Waals surface area contributed by atoms with Gasteiger partial charge >= 0.3 is 6.01 Å². The van der Waals surface area contributed by atoms with Crippen molar-refractivity contribution in [1.29, 1.82) is 0 Å². The predicted octanol–water partition coefficient (Wildman–Crippen LogP) is 4.60. The highest BCUT2D eigenvalue weighted by Gasteiger charge is 2.40. The molecule has 3 aliphatic rings.